The summed E-state index contributed by atoms with van der Waals surface area (Å²) in [6.07, 6.45) is 0. The molecule has 0 aromatic heterocycles. The Bertz CT molecular complexity index is 836. The van der Waals surface area contributed by atoms with Crippen LogP contribution in [0.1, 0.15) is 11.1 Å². The zero-order valence-corrected chi connectivity index (χ0v) is 13.3. The average Bonchev–Trinajstić information content (AvgIpc) is 2.62. The zero-order valence-electron chi connectivity index (χ0n) is 13.3. The Balaban J connectivity index is 2.66. The van der Waals surface area contributed by atoms with Gasteiger partial charge < -0.3 is 19.5 Å². The van der Waals surface area contributed by atoms with Crippen molar-refractivity contribution in [2.45, 2.75) is 0 Å². The summed E-state index contributed by atoms with van der Waals surface area (Å²) < 4.78 is 29.6. The monoisotopic (exact) mass is 327 g/mol. The van der Waals surface area contributed by atoms with Gasteiger partial charge in [0.25, 0.3) is 0 Å². The SMILES string of the molecule is COc1ccc(Nc2c(C#N)c(C#N)c(F)c(OC)c2OC)cc1. The molecule has 0 amide bonds. The van der Waals surface area contributed by atoms with E-state index in [9.17, 15) is 14.9 Å². The molecule has 0 aliphatic heterocycles. The molecule has 7 heteroatoms. The van der Waals surface area contributed by atoms with Crippen LogP contribution in [-0.2, 0) is 0 Å². The fourth-order valence-corrected chi connectivity index (χ4v) is 2.21. The standard InChI is InChI=1S/C17H14FN3O3/c1-22-11-6-4-10(5-7-11)21-15-13(9-20)12(8-19)14(18)16(23-2)17(15)24-3/h4-7,21H,1-3H3. The lowest BCUT2D eigenvalue weighted by Crippen LogP contribution is -2.05. The van der Waals surface area contributed by atoms with Crippen molar-refractivity contribution in [2.24, 2.45) is 0 Å². The van der Waals surface area contributed by atoms with Crippen LogP contribution in [0.5, 0.6) is 17.2 Å². The molecule has 2 aromatic rings. The van der Waals surface area contributed by atoms with E-state index in [1.165, 1.54) is 14.2 Å². The van der Waals surface area contributed by atoms with Crippen molar-refractivity contribution in [2.75, 3.05) is 26.6 Å². The first-order chi connectivity index (χ1) is 11.6. The summed E-state index contributed by atoms with van der Waals surface area (Å²) in [6.45, 7) is 0. The first-order valence-electron chi connectivity index (χ1n) is 6.79. The molecule has 0 radical (unpaired) electrons. The van der Waals surface area contributed by atoms with Gasteiger partial charge in [-0.2, -0.15) is 10.5 Å². The normalized spacial score (nSPS) is 9.58. The van der Waals surface area contributed by atoms with Crippen LogP contribution in [0.25, 0.3) is 0 Å². The Morgan fingerprint density at radius 1 is 0.875 bits per heavy atom. The van der Waals surface area contributed by atoms with E-state index in [0.29, 0.717) is 11.4 Å². The van der Waals surface area contributed by atoms with Crippen molar-refractivity contribution in [3.8, 4) is 29.4 Å². The van der Waals surface area contributed by atoms with Crippen molar-refractivity contribution in [3.05, 3.63) is 41.2 Å². The smallest absolute Gasteiger partial charge is 0.200 e. The van der Waals surface area contributed by atoms with Gasteiger partial charge in [-0.25, -0.2) is 4.39 Å². The Hall–Kier alpha value is -3.45. The predicted molar refractivity (Wildman–Crippen MR) is 85.2 cm³/mol. The van der Waals surface area contributed by atoms with Gasteiger partial charge in [-0.1, -0.05) is 0 Å². The summed E-state index contributed by atoms with van der Waals surface area (Å²) in [6, 6.07) is 10.4. The van der Waals surface area contributed by atoms with Gasteiger partial charge in [0.05, 0.1) is 21.3 Å². The van der Waals surface area contributed by atoms with E-state index < -0.39 is 11.4 Å². The maximum atomic E-state index is 14.4. The Labute approximate surface area is 138 Å². The number of hydrogen-bond donors (Lipinski definition) is 1. The van der Waals surface area contributed by atoms with Gasteiger partial charge >= 0.3 is 0 Å². The van der Waals surface area contributed by atoms with E-state index in [1.54, 1.807) is 37.4 Å². The van der Waals surface area contributed by atoms with Gasteiger partial charge in [-0.15, -0.1) is 0 Å². The second-order valence-corrected chi connectivity index (χ2v) is 4.58. The minimum Gasteiger partial charge on any atom is -0.497 e. The van der Waals surface area contributed by atoms with Crippen molar-refractivity contribution in [3.63, 3.8) is 0 Å². The molecule has 0 saturated heterocycles. The molecule has 0 heterocycles. The van der Waals surface area contributed by atoms with Gasteiger partial charge in [0.15, 0.2) is 11.6 Å². The van der Waals surface area contributed by atoms with Gasteiger partial charge in [0.1, 0.15) is 34.7 Å². The minimum absolute atomic E-state index is 0.00127. The first-order valence-corrected chi connectivity index (χ1v) is 6.79. The molecule has 0 unspecified atom stereocenters. The lowest BCUT2D eigenvalue weighted by atomic mass is 10.0. The second-order valence-electron chi connectivity index (χ2n) is 4.58. The van der Waals surface area contributed by atoms with Gasteiger partial charge in [-0.05, 0) is 24.3 Å². The third kappa shape index (κ3) is 2.88. The maximum absolute atomic E-state index is 14.4. The van der Waals surface area contributed by atoms with Crippen LogP contribution in [0.3, 0.4) is 0 Å². The Morgan fingerprint density at radius 2 is 1.46 bits per heavy atom. The number of nitriles is 2. The summed E-state index contributed by atoms with van der Waals surface area (Å²) in [5.41, 5.74) is 0.178. The zero-order chi connectivity index (χ0) is 17.7. The fraction of sp³-hybridized carbons (Fsp3) is 0.176. The summed E-state index contributed by atoms with van der Waals surface area (Å²) in [7, 11) is 4.12. The summed E-state index contributed by atoms with van der Waals surface area (Å²) in [4.78, 5) is 0. The largest absolute Gasteiger partial charge is 0.497 e. The highest BCUT2D eigenvalue weighted by Crippen LogP contribution is 2.43. The number of nitrogens with zero attached hydrogens (tertiary/aromatic N) is 2. The topological polar surface area (TPSA) is 87.3 Å². The van der Waals surface area contributed by atoms with Gasteiger partial charge in [-0.3, -0.25) is 0 Å². The van der Waals surface area contributed by atoms with E-state index in [0.717, 1.165) is 0 Å². The molecule has 24 heavy (non-hydrogen) atoms. The molecule has 0 spiro atoms. The van der Waals surface area contributed by atoms with E-state index in [4.69, 9.17) is 14.2 Å². The molecule has 2 rings (SSSR count). The van der Waals surface area contributed by atoms with Crippen molar-refractivity contribution < 1.29 is 18.6 Å². The number of nitrogens with one attached hydrogen (secondary N) is 1. The van der Waals surface area contributed by atoms with Crippen LogP contribution in [0.4, 0.5) is 15.8 Å². The minimum atomic E-state index is -0.936. The molecule has 122 valence electrons. The molecule has 2 aromatic carbocycles. The summed E-state index contributed by atoms with van der Waals surface area (Å²) >= 11 is 0. The van der Waals surface area contributed by atoms with Crippen molar-refractivity contribution in [1.29, 1.82) is 10.5 Å². The van der Waals surface area contributed by atoms with E-state index >= 15 is 0 Å². The van der Waals surface area contributed by atoms with E-state index in [2.05, 4.69) is 5.32 Å². The quantitative estimate of drug-likeness (QED) is 0.906. The molecule has 1 N–H and O–H groups in total. The molecule has 0 aliphatic carbocycles. The Morgan fingerprint density at radius 3 is 1.92 bits per heavy atom. The molecular weight excluding hydrogens is 313 g/mol. The third-order valence-electron chi connectivity index (χ3n) is 3.34. The molecule has 0 bridgehead atoms. The first kappa shape index (κ1) is 16.9. The highest BCUT2D eigenvalue weighted by molar-refractivity contribution is 5.80. The number of methoxy groups -OCH3 is 3. The maximum Gasteiger partial charge on any atom is 0.200 e. The van der Waals surface area contributed by atoms with Crippen LogP contribution in [0.15, 0.2) is 24.3 Å². The van der Waals surface area contributed by atoms with E-state index in [1.807, 2.05) is 6.07 Å². The fourth-order valence-electron chi connectivity index (χ4n) is 2.21. The number of rotatable bonds is 5. The number of anilines is 2. The van der Waals surface area contributed by atoms with Crippen LogP contribution >= 0.6 is 0 Å². The highest BCUT2D eigenvalue weighted by atomic mass is 19.1. The number of halogens is 1. The lowest BCUT2D eigenvalue weighted by Gasteiger charge is -2.18. The Kier molecular flexibility index (Phi) is 5.08. The average molecular weight is 327 g/mol. The summed E-state index contributed by atoms with van der Waals surface area (Å²) in [5, 5.41) is 21.5. The van der Waals surface area contributed by atoms with Crippen LogP contribution in [0.2, 0.25) is 0 Å². The predicted octanol–water partition coefficient (Wildman–Crippen LogP) is 3.34. The molecule has 0 saturated carbocycles. The molecule has 0 fully saturated rings. The van der Waals surface area contributed by atoms with Crippen LogP contribution in [0, 0.1) is 28.5 Å². The van der Waals surface area contributed by atoms with Crippen molar-refractivity contribution in [1.82, 2.24) is 0 Å². The number of ether oxygens (including phenoxy) is 3. The lowest BCUT2D eigenvalue weighted by molar-refractivity contribution is 0.338. The third-order valence-corrected chi connectivity index (χ3v) is 3.34. The van der Waals surface area contributed by atoms with Crippen LogP contribution in [-0.4, -0.2) is 21.3 Å². The highest BCUT2D eigenvalue weighted by Gasteiger charge is 2.26. The van der Waals surface area contributed by atoms with Crippen molar-refractivity contribution >= 4 is 11.4 Å². The number of hydrogen-bond acceptors (Lipinski definition) is 6. The second kappa shape index (κ2) is 7.21. The molecular formula is C17H14FN3O3. The molecule has 6 nitrogen and oxygen atoms in total. The molecule has 0 atom stereocenters. The number of benzene rings is 2. The van der Waals surface area contributed by atoms with Gasteiger partial charge in [0, 0.05) is 5.69 Å². The summed E-state index contributed by atoms with van der Waals surface area (Å²) in [5.74, 6) is -0.526. The van der Waals surface area contributed by atoms with Crippen LogP contribution < -0.4 is 19.5 Å². The molecule has 0 aliphatic rings. The van der Waals surface area contributed by atoms with E-state index in [-0.39, 0.29) is 22.7 Å². The van der Waals surface area contributed by atoms with Gasteiger partial charge in [0.2, 0.25) is 5.75 Å².